The lowest BCUT2D eigenvalue weighted by atomic mass is 10.3. The summed E-state index contributed by atoms with van der Waals surface area (Å²) in [5.74, 6) is -0.946. The average molecular weight is 370 g/mol. The first-order valence-electron chi connectivity index (χ1n) is 5.43. The van der Waals surface area contributed by atoms with Crippen LogP contribution in [0.1, 0.15) is 0 Å². The van der Waals surface area contributed by atoms with Gasteiger partial charge in [-0.3, -0.25) is 4.72 Å². The van der Waals surface area contributed by atoms with Gasteiger partial charge in [0, 0.05) is 10.7 Å². The Morgan fingerprint density at radius 1 is 1.05 bits per heavy atom. The second-order valence-corrected chi connectivity index (χ2v) is 6.94. The summed E-state index contributed by atoms with van der Waals surface area (Å²) in [6.45, 7) is 0. The van der Waals surface area contributed by atoms with Crippen molar-refractivity contribution in [3.05, 3.63) is 51.2 Å². The Kier molecular flexibility index (Phi) is 4.53. The predicted molar refractivity (Wildman–Crippen MR) is 83.1 cm³/mol. The zero-order valence-corrected chi connectivity index (χ0v) is 13.3. The molecule has 2 rings (SSSR count). The van der Waals surface area contributed by atoms with Crippen molar-refractivity contribution in [2.24, 2.45) is 0 Å². The van der Waals surface area contributed by atoms with Crippen molar-refractivity contribution in [2.45, 2.75) is 4.90 Å². The van der Waals surface area contributed by atoms with E-state index in [1.807, 2.05) is 0 Å². The Morgan fingerprint density at radius 3 is 2.19 bits per heavy atom. The molecule has 0 aliphatic heterocycles. The molecule has 3 N–H and O–H groups in total. The summed E-state index contributed by atoms with van der Waals surface area (Å²) in [6.07, 6.45) is 0. The van der Waals surface area contributed by atoms with Crippen molar-refractivity contribution in [1.29, 1.82) is 0 Å². The molecular formula is C12H8Cl3FN2O2S. The van der Waals surface area contributed by atoms with Gasteiger partial charge in [0.2, 0.25) is 0 Å². The van der Waals surface area contributed by atoms with Crippen LogP contribution in [0.15, 0.2) is 35.2 Å². The monoisotopic (exact) mass is 368 g/mol. The summed E-state index contributed by atoms with van der Waals surface area (Å²) in [6, 6.07) is 5.81. The Hall–Kier alpha value is -1.21. The Morgan fingerprint density at radius 2 is 1.62 bits per heavy atom. The molecule has 0 saturated heterocycles. The first-order chi connectivity index (χ1) is 9.70. The molecule has 0 aliphatic carbocycles. The van der Waals surface area contributed by atoms with Gasteiger partial charge in [-0.1, -0.05) is 34.8 Å². The second kappa shape index (κ2) is 5.88. The molecule has 0 bridgehead atoms. The zero-order chi connectivity index (χ0) is 15.8. The maximum atomic E-state index is 13.7. The van der Waals surface area contributed by atoms with Gasteiger partial charge in [0.25, 0.3) is 10.0 Å². The lowest BCUT2D eigenvalue weighted by Crippen LogP contribution is -2.15. The third-order valence-electron chi connectivity index (χ3n) is 2.49. The minimum atomic E-state index is -4.24. The molecule has 21 heavy (non-hydrogen) atoms. The molecule has 0 fully saturated rings. The lowest BCUT2D eigenvalue weighted by Gasteiger charge is -2.12. The summed E-state index contributed by atoms with van der Waals surface area (Å²) in [5, 5.41) is 0.212. The number of hydrogen-bond acceptors (Lipinski definition) is 3. The van der Waals surface area contributed by atoms with Crippen LogP contribution in [-0.2, 0) is 10.0 Å². The van der Waals surface area contributed by atoms with E-state index in [-0.39, 0.29) is 26.4 Å². The van der Waals surface area contributed by atoms with E-state index >= 15 is 0 Å². The van der Waals surface area contributed by atoms with Gasteiger partial charge in [0.15, 0.2) is 0 Å². The summed E-state index contributed by atoms with van der Waals surface area (Å²) in [4.78, 5) is -0.607. The average Bonchev–Trinajstić information content (AvgIpc) is 2.36. The van der Waals surface area contributed by atoms with Crippen molar-refractivity contribution >= 4 is 56.2 Å². The minimum absolute atomic E-state index is 0.0135. The fourth-order valence-corrected chi connectivity index (χ4v) is 3.79. The third-order valence-corrected chi connectivity index (χ3v) is 4.67. The number of halogens is 4. The summed E-state index contributed by atoms with van der Waals surface area (Å²) in [5.41, 5.74) is 5.48. The number of hydrogen-bond donors (Lipinski definition) is 2. The highest BCUT2D eigenvalue weighted by molar-refractivity contribution is 7.92. The highest BCUT2D eigenvalue weighted by atomic mass is 35.5. The standard InChI is InChI=1S/C12H8Cl3FN2O2S/c13-6-3-8(14)12(9(15)4-6)18-21(19,20)11-5-7(17)1-2-10(11)16/h1-5,18H,17H2. The minimum Gasteiger partial charge on any atom is -0.399 e. The van der Waals surface area contributed by atoms with Crippen LogP contribution in [0.5, 0.6) is 0 Å². The van der Waals surface area contributed by atoms with Gasteiger partial charge in [-0.25, -0.2) is 12.8 Å². The van der Waals surface area contributed by atoms with Gasteiger partial charge < -0.3 is 5.73 Å². The number of nitrogens with one attached hydrogen (secondary N) is 1. The number of anilines is 2. The van der Waals surface area contributed by atoms with Gasteiger partial charge >= 0.3 is 0 Å². The lowest BCUT2D eigenvalue weighted by molar-refractivity contribution is 0.570. The van der Waals surface area contributed by atoms with Crippen LogP contribution >= 0.6 is 34.8 Å². The summed E-state index contributed by atoms with van der Waals surface area (Å²) in [7, 11) is -4.24. The van der Waals surface area contributed by atoms with E-state index in [0.717, 1.165) is 12.1 Å². The number of sulfonamides is 1. The third kappa shape index (κ3) is 3.52. The quantitative estimate of drug-likeness (QED) is 0.798. The molecule has 0 aromatic heterocycles. The molecule has 0 heterocycles. The van der Waals surface area contributed by atoms with E-state index < -0.39 is 20.7 Å². The summed E-state index contributed by atoms with van der Waals surface area (Å²) >= 11 is 17.5. The normalized spacial score (nSPS) is 11.4. The molecule has 0 saturated carbocycles. The highest BCUT2D eigenvalue weighted by Gasteiger charge is 2.22. The van der Waals surface area contributed by atoms with E-state index in [1.54, 1.807) is 0 Å². The van der Waals surface area contributed by atoms with Gasteiger partial charge in [0.1, 0.15) is 10.7 Å². The van der Waals surface area contributed by atoms with Crippen molar-refractivity contribution in [1.82, 2.24) is 0 Å². The Labute approximate surface area is 135 Å². The van der Waals surface area contributed by atoms with Gasteiger partial charge in [-0.15, -0.1) is 0 Å². The molecule has 0 unspecified atom stereocenters. The van der Waals surface area contributed by atoms with E-state index in [2.05, 4.69) is 4.72 Å². The Balaban J connectivity index is 2.50. The topological polar surface area (TPSA) is 72.2 Å². The van der Waals surface area contributed by atoms with Crippen LogP contribution in [0.2, 0.25) is 15.1 Å². The first-order valence-corrected chi connectivity index (χ1v) is 8.05. The van der Waals surface area contributed by atoms with Crippen LogP contribution in [0.4, 0.5) is 15.8 Å². The van der Waals surface area contributed by atoms with E-state index in [0.29, 0.717) is 0 Å². The van der Waals surface area contributed by atoms with E-state index in [1.165, 1.54) is 18.2 Å². The molecule has 0 radical (unpaired) electrons. The van der Waals surface area contributed by atoms with Gasteiger partial charge in [-0.05, 0) is 30.3 Å². The summed E-state index contributed by atoms with van der Waals surface area (Å²) < 4.78 is 40.2. The van der Waals surface area contributed by atoms with E-state index in [9.17, 15) is 12.8 Å². The second-order valence-electron chi connectivity index (χ2n) is 4.04. The number of benzene rings is 2. The largest absolute Gasteiger partial charge is 0.399 e. The molecular weight excluding hydrogens is 362 g/mol. The first kappa shape index (κ1) is 16.2. The predicted octanol–water partition coefficient (Wildman–Crippen LogP) is 4.17. The molecule has 112 valence electrons. The molecule has 0 amide bonds. The van der Waals surface area contributed by atoms with Crippen LogP contribution < -0.4 is 10.5 Å². The fourth-order valence-electron chi connectivity index (χ4n) is 1.55. The number of nitrogen functional groups attached to an aromatic ring is 1. The smallest absolute Gasteiger partial charge is 0.264 e. The number of nitrogens with two attached hydrogens (primary N) is 1. The van der Waals surface area contributed by atoms with E-state index in [4.69, 9.17) is 40.5 Å². The maximum Gasteiger partial charge on any atom is 0.264 e. The van der Waals surface area contributed by atoms with Crippen molar-refractivity contribution in [3.63, 3.8) is 0 Å². The molecule has 2 aromatic carbocycles. The van der Waals surface area contributed by atoms with Gasteiger partial charge in [-0.2, -0.15) is 0 Å². The Bertz CT molecular complexity index is 789. The van der Waals surface area contributed by atoms with Crippen molar-refractivity contribution in [3.8, 4) is 0 Å². The van der Waals surface area contributed by atoms with Gasteiger partial charge in [0.05, 0.1) is 15.7 Å². The van der Waals surface area contributed by atoms with Crippen LogP contribution in [-0.4, -0.2) is 8.42 Å². The van der Waals surface area contributed by atoms with Crippen LogP contribution in [0, 0.1) is 5.82 Å². The zero-order valence-electron chi connectivity index (χ0n) is 10.2. The van der Waals surface area contributed by atoms with Crippen LogP contribution in [0.25, 0.3) is 0 Å². The van der Waals surface area contributed by atoms with Crippen molar-refractivity contribution in [2.75, 3.05) is 10.5 Å². The fraction of sp³-hybridized carbons (Fsp3) is 0. The highest BCUT2D eigenvalue weighted by Crippen LogP contribution is 2.35. The molecule has 2 aromatic rings. The maximum absolute atomic E-state index is 13.7. The SMILES string of the molecule is Nc1ccc(F)c(S(=O)(=O)Nc2c(Cl)cc(Cl)cc2Cl)c1. The number of rotatable bonds is 3. The molecule has 9 heteroatoms. The molecule has 0 atom stereocenters. The van der Waals surface area contributed by atoms with Crippen LogP contribution in [0.3, 0.4) is 0 Å². The molecule has 0 spiro atoms. The molecule has 0 aliphatic rings. The van der Waals surface area contributed by atoms with Crippen molar-refractivity contribution < 1.29 is 12.8 Å². The molecule has 4 nitrogen and oxygen atoms in total.